The zero-order valence-corrected chi connectivity index (χ0v) is 10.4. The minimum atomic E-state index is 0.288. The van der Waals surface area contributed by atoms with E-state index in [1.165, 1.54) is 11.9 Å². The fourth-order valence-corrected chi connectivity index (χ4v) is 1.72. The number of anilines is 3. The third-order valence-electron chi connectivity index (χ3n) is 2.54. The Bertz CT molecular complexity index is 525. The molecular formula is C12H13ClN4. The van der Waals surface area contributed by atoms with Crippen molar-refractivity contribution in [2.45, 2.75) is 6.92 Å². The number of nitrogen functional groups attached to an aromatic ring is 1. The third kappa shape index (κ3) is 2.31. The molecule has 2 N–H and O–H groups in total. The number of aromatic nitrogens is 2. The molecule has 0 spiro atoms. The van der Waals surface area contributed by atoms with Gasteiger partial charge >= 0.3 is 0 Å². The summed E-state index contributed by atoms with van der Waals surface area (Å²) in [4.78, 5) is 9.85. The molecular weight excluding hydrogens is 236 g/mol. The van der Waals surface area contributed by atoms with Crippen molar-refractivity contribution >= 4 is 28.9 Å². The summed E-state index contributed by atoms with van der Waals surface area (Å²) >= 11 is 6.08. The Balaban J connectivity index is 2.40. The molecule has 2 rings (SSSR count). The van der Waals surface area contributed by atoms with Gasteiger partial charge in [0.2, 0.25) is 0 Å². The summed E-state index contributed by atoms with van der Waals surface area (Å²) in [5.41, 5.74) is 7.85. The highest BCUT2D eigenvalue weighted by Crippen LogP contribution is 2.30. The van der Waals surface area contributed by atoms with Gasteiger partial charge in [-0.1, -0.05) is 29.3 Å². The van der Waals surface area contributed by atoms with Gasteiger partial charge in [-0.25, -0.2) is 9.97 Å². The van der Waals surface area contributed by atoms with E-state index in [4.69, 9.17) is 17.3 Å². The van der Waals surface area contributed by atoms with Crippen LogP contribution in [-0.4, -0.2) is 17.0 Å². The van der Waals surface area contributed by atoms with Gasteiger partial charge < -0.3 is 10.6 Å². The zero-order chi connectivity index (χ0) is 12.4. The van der Waals surface area contributed by atoms with Crippen molar-refractivity contribution in [3.63, 3.8) is 0 Å². The Hall–Kier alpha value is -1.81. The first-order chi connectivity index (χ1) is 8.09. The van der Waals surface area contributed by atoms with Gasteiger partial charge in [0.1, 0.15) is 17.2 Å². The van der Waals surface area contributed by atoms with Crippen LogP contribution in [0.5, 0.6) is 0 Å². The number of benzene rings is 1. The van der Waals surface area contributed by atoms with Crippen LogP contribution in [0, 0.1) is 6.92 Å². The Morgan fingerprint density at radius 3 is 2.47 bits per heavy atom. The highest BCUT2D eigenvalue weighted by molar-refractivity contribution is 6.35. The molecule has 0 unspecified atom stereocenters. The molecule has 5 heteroatoms. The van der Waals surface area contributed by atoms with E-state index in [0.717, 1.165) is 5.69 Å². The monoisotopic (exact) mass is 248 g/mol. The van der Waals surface area contributed by atoms with E-state index in [-0.39, 0.29) is 5.82 Å². The van der Waals surface area contributed by atoms with Crippen LogP contribution in [-0.2, 0) is 0 Å². The first-order valence-corrected chi connectivity index (χ1v) is 5.54. The number of aryl methyl sites for hydroxylation is 1. The van der Waals surface area contributed by atoms with Crippen molar-refractivity contribution in [2.75, 3.05) is 17.7 Å². The first kappa shape index (κ1) is 11.7. The minimum absolute atomic E-state index is 0.288. The van der Waals surface area contributed by atoms with E-state index in [1.807, 2.05) is 43.1 Å². The fraction of sp³-hybridized carbons (Fsp3) is 0.167. The molecule has 0 radical (unpaired) electrons. The minimum Gasteiger partial charge on any atom is -0.382 e. The summed E-state index contributed by atoms with van der Waals surface area (Å²) in [5, 5.41) is 0.371. The Kier molecular flexibility index (Phi) is 3.15. The summed E-state index contributed by atoms with van der Waals surface area (Å²) in [6, 6.07) is 8.07. The van der Waals surface area contributed by atoms with E-state index in [2.05, 4.69) is 9.97 Å². The lowest BCUT2D eigenvalue weighted by Crippen LogP contribution is -2.12. The third-order valence-corrected chi connectivity index (χ3v) is 2.90. The van der Waals surface area contributed by atoms with Crippen LogP contribution >= 0.6 is 11.6 Å². The number of halogens is 1. The maximum absolute atomic E-state index is 6.08. The van der Waals surface area contributed by atoms with Crippen molar-refractivity contribution in [3.8, 4) is 0 Å². The molecule has 17 heavy (non-hydrogen) atoms. The molecule has 4 nitrogen and oxygen atoms in total. The number of nitrogens with two attached hydrogens (primary N) is 1. The number of rotatable bonds is 2. The molecule has 0 atom stereocenters. The fourth-order valence-electron chi connectivity index (χ4n) is 1.50. The molecule has 1 heterocycles. The Morgan fingerprint density at radius 2 is 1.82 bits per heavy atom. The lowest BCUT2D eigenvalue weighted by Gasteiger charge is -2.19. The van der Waals surface area contributed by atoms with Crippen LogP contribution in [0.2, 0.25) is 5.02 Å². The highest BCUT2D eigenvalue weighted by atomic mass is 35.5. The van der Waals surface area contributed by atoms with Gasteiger partial charge in [-0.3, -0.25) is 0 Å². The van der Waals surface area contributed by atoms with Crippen molar-refractivity contribution in [1.82, 2.24) is 9.97 Å². The van der Waals surface area contributed by atoms with Crippen LogP contribution in [0.15, 0.2) is 30.6 Å². The van der Waals surface area contributed by atoms with Gasteiger partial charge in [0.25, 0.3) is 0 Å². The predicted octanol–water partition coefficient (Wildman–Crippen LogP) is 2.79. The van der Waals surface area contributed by atoms with Crippen molar-refractivity contribution < 1.29 is 0 Å². The summed E-state index contributed by atoms with van der Waals surface area (Å²) < 4.78 is 0. The number of nitrogens with zero attached hydrogens (tertiary/aromatic N) is 3. The second kappa shape index (κ2) is 4.59. The normalized spacial score (nSPS) is 10.3. The van der Waals surface area contributed by atoms with Gasteiger partial charge in [0, 0.05) is 12.7 Å². The van der Waals surface area contributed by atoms with Crippen LogP contribution in [0.25, 0.3) is 0 Å². The highest BCUT2D eigenvalue weighted by Gasteiger charge is 2.12. The predicted molar refractivity (Wildman–Crippen MR) is 70.7 cm³/mol. The molecule has 0 aliphatic heterocycles. The van der Waals surface area contributed by atoms with E-state index in [0.29, 0.717) is 10.8 Å². The molecule has 0 aliphatic rings. The average molecular weight is 249 g/mol. The standard InChI is InChI=1S/C12H13ClN4/c1-8-3-5-9(6-4-8)17(2)12-10(13)11(14)15-7-16-12/h3-7H,1-2H3,(H2,14,15,16). The SMILES string of the molecule is Cc1ccc(N(C)c2ncnc(N)c2Cl)cc1. The summed E-state index contributed by atoms with van der Waals surface area (Å²) in [6.45, 7) is 2.04. The van der Waals surface area contributed by atoms with E-state index < -0.39 is 0 Å². The lowest BCUT2D eigenvalue weighted by molar-refractivity contribution is 1.08. The molecule has 1 aromatic heterocycles. The van der Waals surface area contributed by atoms with Gasteiger partial charge in [-0.05, 0) is 19.1 Å². The zero-order valence-electron chi connectivity index (χ0n) is 9.68. The van der Waals surface area contributed by atoms with Crippen molar-refractivity contribution in [2.24, 2.45) is 0 Å². The number of hydrogen-bond donors (Lipinski definition) is 1. The molecule has 0 bridgehead atoms. The van der Waals surface area contributed by atoms with Crippen LogP contribution in [0.4, 0.5) is 17.3 Å². The molecule has 0 saturated heterocycles. The maximum atomic E-state index is 6.08. The summed E-state index contributed by atoms with van der Waals surface area (Å²) in [5.74, 6) is 0.888. The Morgan fingerprint density at radius 1 is 1.18 bits per heavy atom. The maximum Gasteiger partial charge on any atom is 0.157 e. The second-order valence-corrected chi connectivity index (χ2v) is 4.17. The molecule has 0 amide bonds. The molecule has 0 fully saturated rings. The molecule has 88 valence electrons. The van der Waals surface area contributed by atoms with Crippen LogP contribution in [0.1, 0.15) is 5.56 Å². The van der Waals surface area contributed by atoms with Crippen molar-refractivity contribution in [1.29, 1.82) is 0 Å². The van der Waals surface area contributed by atoms with Gasteiger partial charge in [-0.2, -0.15) is 0 Å². The second-order valence-electron chi connectivity index (χ2n) is 3.79. The van der Waals surface area contributed by atoms with Crippen LogP contribution in [0.3, 0.4) is 0 Å². The molecule has 0 aliphatic carbocycles. The van der Waals surface area contributed by atoms with E-state index >= 15 is 0 Å². The largest absolute Gasteiger partial charge is 0.382 e. The van der Waals surface area contributed by atoms with E-state index in [9.17, 15) is 0 Å². The Labute approximate surface area is 105 Å². The van der Waals surface area contributed by atoms with Crippen LogP contribution < -0.4 is 10.6 Å². The molecule has 1 aromatic carbocycles. The van der Waals surface area contributed by atoms with Gasteiger partial charge in [-0.15, -0.1) is 0 Å². The van der Waals surface area contributed by atoms with E-state index in [1.54, 1.807) is 0 Å². The average Bonchev–Trinajstić information content (AvgIpc) is 2.33. The molecule has 0 saturated carbocycles. The lowest BCUT2D eigenvalue weighted by atomic mass is 10.2. The number of hydrogen-bond acceptors (Lipinski definition) is 4. The quantitative estimate of drug-likeness (QED) is 0.888. The summed E-state index contributed by atoms with van der Waals surface area (Å²) in [7, 11) is 1.89. The summed E-state index contributed by atoms with van der Waals surface area (Å²) in [6.07, 6.45) is 1.40. The van der Waals surface area contributed by atoms with Gasteiger partial charge in [0.15, 0.2) is 5.82 Å². The molecule has 2 aromatic rings. The topological polar surface area (TPSA) is 55.0 Å². The van der Waals surface area contributed by atoms with Crippen molar-refractivity contribution in [3.05, 3.63) is 41.2 Å². The first-order valence-electron chi connectivity index (χ1n) is 5.16. The smallest absolute Gasteiger partial charge is 0.157 e. The van der Waals surface area contributed by atoms with Gasteiger partial charge in [0.05, 0.1) is 0 Å².